The van der Waals surface area contributed by atoms with Gasteiger partial charge in [-0.25, -0.2) is 13.6 Å². The van der Waals surface area contributed by atoms with Gasteiger partial charge in [0.1, 0.15) is 0 Å². The van der Waals surface area contributed by atoms with Gasteiger partial charge in [-0.15, -0.1) is 0 Å². The van der Waals surface area contributed by atoms with E-state index in [1.165, 1.54) is 18.7 Å². The van der Waals surface area contributed by atoms with Crippen LogP contribution in [-0.2, 0) is 6.54 Å². The van der Waals surface area contributed by atoms with Gasteiger partial charge in [0.05, 0.1) is 0 Å². The van der Waals surface area contributed by atoms with Gasteiger partial charge in [-0.2, -0.15) is 0 Å². The zero-order valence-electron chi connectivity index (χ0n) is 17.0. The Bertz CT molecular complexity index is 683. The zero-order chi connectivity index (χ0) is 20.9. The van der Waals surface area contributed by atoms with Gasteiger partial charge < -0.3 is 20.4 Å². The summed E-state index contributed by atoms with van der Waals surface area (Å²) in [5.74, 6) is -4.69. The predicted molar refractivity (Wildman–Crippen MR) is 104 cm³/mol. The summed E-state index contributed by atoms with van der Waals surface area (Å²) in [5.41, 5.74) is 1.29. The summed E-state index contributed by atoms with van der Waals surface area (Å²) in [6, 6.07) is 6.64. The zero-order valence-corrected chi connectivity index (χ0v) is 17.0. The highest BCUT2D eigenvalue weighted by Gasteiger charge is 2.47. The van der Waals surface area contributed by atoms with E-state index >= 15 is 0 Å². The second-order valence-electron chi connectivity index (χ2n) is 7.80. The van der Waals surface area contributed by atoms with Crippen molar-refractivity contribution >= 4 is 11.9 Å². The van der Waals surface area contributed by atoms with Crippen molar-refractivity contribution in [2.45, 2.75) is 26.3 Å². The first-order valence-corrected chi connectivity index (χ1v) is 9.53. The smallest absolute Gasteiger partial charge is 0.317 e. The molecule has 6 nitrogen and oxygen atoms in total. The molecule has 1 aliphatic heterocycles. The second kappa shape index (κ2) is 9.32. The Morgan fingerprint density at radius 3 is 2.43 bits per heavy atom. The van der Waals surface area contributed by atoms with E-state index in [9.17, 15) is 18.4 Å². The number of benzene rings is 1. The Balaban J connectivity index is 1.89. The molecule has 1 saturated heterocycles. The lowest BCUT2D eigenvalue weighted by atomic mass is 9.87. The van der Waals surface area contributed by atoms with Crippen LogP contribution in [0.25, 0.3) is 0 Å². The van der Waals surface area contributed by atoms with Gasteiger partial charge in [-0.1, -0.05) is 26.0 Å². The number of piperidine rings is 1. The number of hydrogen-bond acceptors (Lipinski definition) is 3. The van der Waals surface area contributed by atoms with Gasteiger partial charge >= 0.3 is 6.03 Å². The third-order valence-corrected chi connectivity index (χ3v) is 5.07. The van der Waals surface area contributed by atoms with Crippen molar-refractivity contribution in [2.75, 3.05) is 40.3 Å². The maximum absolute atomic E-state index is 13.9. The molecule has 3 amide bonds. The Hall–Kier alpha value is -2.22. The van der Waals surface area contributed by atoms with Crippen LogP contribution >= 0.6 is 0 Å². The quantitative estimate of drug-likeness (QED) is 0.776. The SMILES string of the molecule is CC1CN(C(=O)NCc2cccc(C(=O)NCCN(C)C)c2)CC(C)C1(F)F. The number of halogens is 2. The maximum Gasteiger partial charge on any atom is 0.317 e. The molecule has 0 radical (unpaired) electrons. The van der Waals surface area contributed by atoms with Crippen LogP contribution in [-0.4, -0.2) is 67.9 Å². The molecular weight excluding hydrogens is 366 g/mol. The molecule has 8 heteroatoms. The van der Waals surface area contributed by atoms with E-state index < -0.39 is 17.8 Å². The molecule has 28 heavy (non-hydrogen) atoms. The second-order valence-corrected chi connectivity index (χ2v) is 7.80. The van der Waals surface area contributed by atoms with Gasteiger partial charge in [0, 0.05) is 50.1 Å². The van der Waals surface area contributed by atoms with E-state index in [0.29, 0.717) is 12.1 Å². The minimum Gasteiger partial charge on any atom is -0.351 e. The highest BCUT2D eigenvalue weighted by Crippen LogP contribution is 2.37. The molecule has 1 heterocycles. The molecular formula is C20H30F2N4O2. The molecule has 156 valence electrons. The highest BCUT2D eigenvalue weighted by molar-refractivity contribution is 5.94. The molecule has 0 aromatic heterocycles. The van der Waals surface area contributed by atoms with Crippen molar-refractivity contribution in [2.24, 2.45) is 11.8 Å². The number of amides is 3. The molecule has 0 saturated carbocycles. The number of nitrogens with zero attached hydrogens (tertiary/aromatic N) is 2. The number of carbonyl (C=O) groups excluding carboxylic acids is 2. The lowest BCUT2D eigenvalue weighted by Gasteiger charge is -2.41. The predicted octanol–water partition coefficient (Wildman–Crippen LogP) is 2.41. The molecule has 2 atom stereocenters. The third-order valence-electron chi connectivity index (χ3n) is 5.07. The number of likely N-dealkylation sites (tertiary alicyclic amines) is 1. The Morgan fingerprint density at radius 1 is 1.18 bits per heavy atom. The fraction of sp³-hybridized carbons (Fsp3) is 0.600. The van der Waals surface area contributed by atoms with Gasteiger partial charge in [-0.05, 0) is 31.8 Å². The van der Waals surface area contributed by atoms with Gasteiger partial charge in [0.2, 0.25) is 0 Å². The Kier molecular flexibility index (Phi) is 7.35. The first-order valence-electron chi connectivity index (χ1n) is 9.53. The van der Waals surface area contributed by atoms with Gasteiger partial charge in [0.15, 0.2) is 0 Å². The van der Waals surface area contributed by atoms with Crippen molar-refractivity contribution < 1.29 is 18.4 Å². The largest absolute Gasteiger partial charge is 0.351 e. The normalized spacial score (nSPS) is 21.5. The topological polar surface area (TPSA) is 64.7 Å². The lowest BCUT2D eigenvalue weighted by molar-refractivity contribution is -0.131. The van der Waals surface area contributed by atoms with Gasteiger partial charge in [-0.3, -0.25) is 4.79 Å². The molecule has 2 rings (SSSR count). The summed E-state index contributed by atoms with van der Waals surface area (Å²) in [5, 5.41) is 5.61. The Labute approximate surface area is 165 Å². The van der Waals surface area contributed by atoms with Crippen LogP contribution in [0.2, 0.25) is 0 Å². The van der Waals surface area contributed by atoms with E-state index in [0.717, 1.165) is 12.1 Å². The molecule has 0 aliphatic carbocycles. The number of nitrogens with one attached hydrogen (secondary N) is 2. The number of alkyl halides is 2. The van der Waals surface area contributed by atoms with E-state index in [1.54, 1.807) is 18.2 Å². The van der Waals surface area contributed by atoms with E-state index in [1.807, 2.05) is 25.1 Å². The van der Waals surface area contributed by atoms with Crippen molar-refractivity contribution in [3.8, 4) is 0 Å². The molecule has 2 N–H and O–H groups in total. The number of likely N-dealkylation sites (N-methyl/N-ethyl adjacent to an activating group) is 1. The first kappa shape index (κ1) is 22.1. The van der Waals surface area contributed by atoms with E-state index in [-0.39, 0.29) is 31.6 Å². The van der Waals surface area contributed by atoms with Crippen LogP contribution in [0, 0.1) is 11.8 Å². The van der Waals surface area contributed by atoms with Crippen molar-refractivity contribution in [1.82, 2.24) is 20.4 Å². The van der Waals surface area contributed by atoms with Crippen molar-refractivity contribution in [1.29, 1.82) is 0 Å². The van der Waals surface area contributed by atoms with E-state index in [2.05, 4.69) is 10.6 Å². The van der Waals surface area contributed by atoms with Crippen LogP contribution in [0.5, 0.6) is 0 Å². The summed E-state index contributed by atoms with van der Waals surface area (Å²) < 4.78 is 27.9. The summed E-state index contributed by atoms with van der Waals surface area (Å²) in [4.78, 5) is 28.0. The number of carbonyl (C=O) groups is 2. The molecule has 1 fully saturated rings. The number of hydrogen-bond donors (Lipinski definition) is 2. The van der Waals surface area contributed by atoms with Crippen molar-refractivity contribution in [3.63, 3.8) is 0 Å². The molecule has 1 aromatic carbocycles. The fourth-order valence-electron chi connectivity index (χ4n) is 3.24. The average Bonchev–Trinajstić information content (AvgIpc) is 2.64. The summed E-state index contributed by atoms with van der Waals surface area (Å²) in [6.07, 6.45) is 0. The molecule has 1 aromatic rings. The molecule has 0 spiro atoms. The summed E-state index contributed by atoms with van der Waals surface area (Å²) >= 11 is 0. The first-order chi connectivity index (χ1) is 13.1. The molecule has 1 aliphatic rings. The number of urea groups is 1. The Morgan fingerprint density at radius 2 is 1.82 bits per heavy atom. The van der Waals surface area contributed by atoms with Gasteiger partial charge in [0.25, 0.3) is 11.8 Å². The fourth-order valence-corrected chi connectivity index (χ4v) is 3.24. The standard InChI is InChI=1S/C20H30F2N4O2/c1-14-12-26(13-15(2)20(14,21)22)19(28)24-11-16-6-5-7-17(10-16)18(27)23-8-9-25(3)4/h5-7,10,14-15H,8-9,11-13H2,1-4H3,(H,23,27)(H,24,28). The lowest BCUT2D eigenvalue weighted by Crippen LogP contribution is -2.55. The van der Waals surface area contributed by atoms with Crippen molar-refractivity contribution in [3.05, 3.63) is 35.4 Å². The maximum atomic E-state index is 13.9. The third kappa shape index (κ3) is 5.64. The number of rotatable bonds is 6. The minimum absolute atomic E-state index is 0.0253. The monoisotopic (exact) mass is 396 g/mol. The van der Waals surface area contributed by atoms with Crippen LogP contribution in [0.1, 0.15) is 29.8 Å². The van der Waals surface area contributed by atoms with Crippen LogP contribution in [0.3, 0.4) is 0 Å². The van der Waals surface area contributed by atoms with Crippen LogP contribution < -0.4 is 10.6 Å². The minimum atomic E-state index is -2.76. The van der Waals surface area contributed by atoms with Crippen LogP contribution in [0.4, 0.5) is 13.6 Å². The van der Waals surface area contributed by atoms with E-state index in [4.69, 9.17) is 0 Å². The summed E-state index contributed by atoms with van der Waals surface area (Å²) in [6.45, 7) is 4.50. The molecule has 0 bridgehead atoms. The highest BCUT2D eigenvalue weighted by atomic mass is 19.3. The average molecular weight is 396 g/mol. The van der Waals surface area contributed by atoms with Crippen LogP contribution in [0.15, 0.2) is 24.3 Å². The molecule has 2 unspecified atom stereocenters. The summed E-state index contributed by atoms with van der Waals surface area (Å²) in [7, 11) is 3.86.